The van der Waals surface area contributed by atoms with E-state index in [2.05, 4.69) is 20.4 Å². The lowest BCUT2D eigenvalue weighted by atomic mass is 9.97. The van der Waals surface area contributed by atoms with Gasteiger partial charge in [-0.05, 0) is 0 Å². The zero-order valence-corrected chi connectivity index (χ0v) is 8.51. The van der Waals surface area contributed by atoms with Crippen molar-refractivity contribution in [1.82, 2.24) is 20.4 Å². The van der Waals surface area contributed by atoms with Crippen LogP contribution in [-0.2, 0) is 4.79 Å². The Balaban J connectivity index is 2.00. The minimum Gasteiger partial charge on any atom is -0.353 e. The molecule has 0 saturated carbocycles. The predicted molar refractivity (Wildman–Crippen MR) is 54.8 cm³/mol. The molecule has 0 radical (unpaired) electrons. The maximum atomic E-state index is 11.7. The molecular weight excluding hydrogens is 208 g/mol. The Morgan fingerprint density at radius 3 is 3.25 bits per heavy atom. The van der Waals surface area contributed by atoms with Gasteiger partial charge >= 0.3 is 0 Å². The number of nitrogens with one attached hydrogen (secondary N) is 1. The van der Waals surface area contributed by atoms with E-state index in [1.54, 1.807) is 6.20 Å². The number of Topliss-reactive ketones (excluding diaryl/α,β-unsaturated/α-hetero) is 1. The molecule has 0 amide bonds. The summed E-state index contributed by atoms with van der Waals surface area (Å²) in [5.74, 6) is 0.496. The van der Waals surface area contributed by atoms with Crippen molar-refractivity contribution in [3.05, 3.63) is 18.2 Å². The summed E-state index contributed by atoms with van der Waals surface area (Å²) in [6.45, 7) is 1.35. The third-order valence-electron chi connectivity index (χ3n) is 2.72. The van der Waals surface area contributed by atoms with Gasteiger partial charge in [-0.3, -0.25) is 4.79 Å². The first-order valence-corrected chi connectivity index (χ1v) is 5.15. The van der Waals surface area contributed by atoms with Crippen LogP contribution in [-0.4, -0.2) is 34.0 Å². The maximum absolute atomic E-state index is 11.7. The zero-order valence-electron chi connectivity index (χ0n) is 8.51. The van der Waals surface area contributed by atoms with Crippen LogP contribution in [0.2, 0.25) is 0 Å². The highest BCUT2D eigenvalue weighted by Gasteiger charge is 2.26. The predicted octanol–water partition coefficient (Wildman–Crippen LogP) is 0.264. The van der Waals surface area contributed by atoms with Gasteiger partial charge in [0.1, 0.15) is 17.1 Å². The normalized spacial score (nSPS) is 21.5. The Labute approximate surface area is 91.0 Å². The van der Waals surface area contributed by atoms with E-state index in [-0.39, 0.29) is 11.7 Å². The molecule has 16 heavy (non-hydrogen) atoms. The molecule has 3 rings (SSSR count). The van der Waals surface area contributed by atoms with E-state index in [1.165, 1.54) is 6.20 Å². The molecule has 1 N–H and O–H groups in total. The van der Waals surface area contributed by atoms with E-state index >= 15 is 0 Å². The van der Waals surface area contributed by atoms with Crippen molar-refractivity contribution in [2.45, 2.75) is 12.3 Å². The number of carbonyl (C=O) groups excluding carboxylic acids is 1. The maximum Gasteiger partial charge on any atom is 0.203 e. The lowest BCUT2D eigenvalue weighted by molar-refractivity contribution is -0.121. The van der Waals surface area contributed by atoms with Crippen molar-refractivity contribution in [3.8, 4) is 0 Å². The first kappa shape index (κ1) is 9.41. The van der Waals surface area contributed by atoms with Gasteiger partial charge in [-0.1, -0.05) is 5.16 Å². The summed E-state index contributed by atoms with van der Waals surface area (Å²) in [6.07, 6.45) is 3.63. The standard InChI is InChI=1S/C10H10N4O2/c15-8-1-2-11-3-6(8)10-12-5-9-7(14-10)4-13-16-9/h4-6,11H,1-3H2. The molecule has 1 aliphatic heterocycles. The highest BCUT2D eigenvalue weighted by molar-refractivity contribution is 5.86. The number of carbonyl (C=O) groups is 1. The largest absolute Gasteiger partial charge is 0.353 e. The van der Waals surface area contributed by atoms with Gasteiger partial charge in [-0.15, -0.1) is 0 Å². The van der Waals surface area contributed by atoms with Crippen LogP contribution < -0.4 is 5.32 Å². The summed E-state index contributed by atoms with van der Waals surface area (Å²) in [4.78, 5) is 20.1. The van der Waals surface area contributed by atoms with Gasteiger partial charge in [0.15, 0.2) is 0 Å². The van der Waals surface area contributed by atoms with Gasteiger partial charge in [-0.25, -0.2) is 9.97 Å². The van der Waals surface area contributed by atoms with Crippen LogP contribution >= 0.6 is 0 Å². The zero-order chi connectivity index (χ0) is 11.0. The molecule has 1 fully saturated rings. The number of aromatic nitrogens is 3. The number of hydrogen-bond acceptors (Lipinski definition) is 6. The second-order valence-electron chi connectivity index (χ2n) is 3.78. The van der Waals surface area contributed by atoms with Gasteiger partial charge < -0.3 is 9.84 Å². The number of piperidine rings is 1. The molecule has 0 spiro atoms. The molecule has 0 bridgehead atoms. The molecule has 0 aromatic carbocycles. The quantitative estimate of drug-likeness (QED) is 0.739. The van der Waals surface area contributed by atoms with Crippen molar-refractivity contribution >= 4 is 16.9 Å². The van der Waals surface area contributed by atoms with Crippen LogP contribution in [0.3, 0.4) is 0 Å². The van der Waals surface area contributed by atoms with E-state index < -0.39 is 0 Å². The molecule has 1 unspecified atom stereocenters. The lowest BCUT2D eigenvalue weighted by Crippen LogP contribution is -2.36. The summed E-state index contributed by atoms with van der Waals surface area (Å²) >= 11 is 0. The highest BCUT2D eigenvalue weighted by atomic mass is 16.5. The fourth-order valence-electron chi connectivity index (χ4n) is 1.84. The second kappa shape index (κ2) is 3.64. The van der Waals surface area contributed by atoms with Gasteiger partial charge in [-0.2, -0.15) is 0 Å². The molecule has 6 heteroatoms. The van der Waals surface area contributed by atoms with Gasteiger partial charge in [0.05, 0.1) is 18.3 Å². The lowest BCUT2D eigenvalue weighted by Gasteiger charge is -2.19. The summed E-state index contributed by atoms with van der Waals surface area (Å²) in [5, 5.41) is 6.79. The van der Waals surface area contributed by atoms with Crippen molar-refractivity contribution in [2.75, 3.05) is 13.1 Å². The Bertz CT molecular complexity index is 536. The monoisotopic (exact) mass is 218 g/mol. The first-order chi connectivity index (χ1) is 7.84. The Hall–Kier alpha value is -1.82. The number of ketones is 1. The summed E-state index contributed by atoms with van der Waals surface area (Å²) < 4.78 is 4.91. The molecule has 1 saturated heterocycles. The molecule has 2 aromatic heterocycles. The van der Waals surface area contributed by atoms with Crippen molar-refractivity contribution in [3.63, 3.8) is 0 Å². The molecule has 3 heterocycles. The van der Waals surface area contributed by atoms with Gasteiger partial charge in [0.2, 0.25) is 5.58 Å². The number of rotatable bonds is 1. The molecular formula is C10H10N4O2. The van der Waals surface area contributed by atoms with Crippen molar-refractivity contribution < 1.29 is 9.32 Å². The van der Waals surface area contributed by atoms with Crippen molar-refractivity contribution in [2.24, 2.45) is 0 Å². The van der Waals surface area contributed by atoms with Crippen LogP contribution in [0, 0.1) is 0 Å². The third kappa shape index (κ3) is 1.47. The van der Waals surface area contributed by atoms with Crippen LogP contribution in [0.4, 0.5) is 0 Å². The Morgan fingerprint density at radius 1 is 1.44 bits per heavy atom. The minimum atomic E-state index is -0.243. The fourth-order valence-corrected chi connectivity index (χ4v) is 1.84. The van der Waals surface area contributed by atoms with Crippen LogP contribution in [0.5, 0.6) is 0 Å². The molecule has 82 valence electrons. The average Bonchev–Trinajstić information content (AvgIpc) is 2.76. The van der Waals surface area contributed by atoms with Gasteiger partial charge in [0.25, 0.3) is 0 Å². The van der Waals surface area contributed by atoms with Crippen molar-refractivity contribution in [1.29, 1.82) is 0 Å². The van der Waals surface area contributed by atoms with E-state index in [0.717, 1.165) is 6.54 Å². The molecule has 1 atom stereocenters. The van der Waals surface area contributed by atoms with E-state index in [0.29, 0.717) is 29.9 Å². The molecule has 2 aromatic rings. The first-order valence-electron chi connectivity index (χ1n) is 5.15. The second-order valence-corrected chi connectivity index (χ2v) is 3.78. The average molecular weight is 218 g/mol. The summed E-state index contributed by atoms with van der Waals surface area (Å²) in [7, 11) is 0. The van der Waals surface area contributed by atoms with E-state index in [1.807, 2.05) is 0 Å². The smallest absolute Gasteiger partial charge is 0.203 e. The van der Waals surface area contributed by atoms with Crippen LogP contribution in [0.1, 0.15) is 18.2 Å². The third-order valence-corrected chi connectivity index (χ3v) is 2.72. The summed E-state index contributed by atoms with van der Waals surface area (Å²) in [5.41, 5.74) is 1.18. The SMILES string of the molecule is O=C1CCNCC1c1ncc2oncc2n1. The Morgan fingerprint density at radius 2 is 2.38 bits per heavy atom. The number of hydrogen-bond donors (Lipinski definition) is 1. The fraction of sp³-hybridized carbons (Fsp3) is 0.400. The van der Waals surface area contributed by atoms with E-state index in [9.17, 15) is 4.79 Å². The topological polar surface area (TPSA) is 80.9 Å². The van der Waals surface area contributed by atoms with E-state index in [4.69, 9.17) is 4.52 Å². The molecule has 6 nitrogen and oxygen atoms in total. The molecule has 0 aliphatic carbocycles. The molecule has 1 aliphatic rings. The van der Waals surface area contributed by atoms with Gasteiger partial charge in [0, 0.05) is 19.5 Å². The van der Waals surface area contributed by atoms with Crippen LogP contribution in [0.25, 0.3) is 11.1 Å². The van der Waals surface area contributed by atoms with Crippen LogP contribution in [0.15, 0.2) is 16.9 Å². The number of fused-ring (bicyclic) bond motifs is 1. The highest BCUT2D eigenvalue weighted by Crippen LogP contribution is 2.18. The minimum absolute atomic E-state index is 0.189. The summed E-state index contributed by atoms with van der Waals surface area (Å²) in [6, 6.07) is 0. The number of nitrogens with zero attached hydrogens (tertiary/aromatic N) is 3. The Kier molecular flexibility index (Phi) is 2.14.